The van der Waals surface area contributed by atoms with E-state index in [1.807, 2.05) is 0 Å². The predicted molar refractivity (Wildman–Crippen MR) is 121 cm³/mol. The monoisotopic (exact) mass is 409 g/mol. The minimum atomic E-state index is 0.283. The smallest absolute Gasteiger partial charge is 0.220 e. The molecule has 3 aliphatic heterocycles. The summed E-state index contributed by atoms with van der Waals surface area (Å²) in [4.78, 5) is 18.0. The normalized spacial score (nSPS) is 32.3. The van der Waals surface area contributed by atoms with Gasteiger partial charge in [-0.1, -0.05) is 30.3 Å². The van der Waals surface area contributed by atoms with Crippen molar-refractivity contribution in [1.82, 2.24) is 15.1 Å². The average molecular weight is 410 g/mol. The molecular formula is C26H39N3O. The molecule has 4 aliphatic rings. The highest BCUT2D eigenvalue weighted by Gasteiger charge is 2.48. The molecule has 1 N–H and O–H groups in total. The van der Waals surface area contributed by atoms with Crippen LogP contribution in [0, 0.1) is 11.8 Å². The maximum Gasteiger partial charge on any atom is 0.220 e. The molecule has 0 aromatic heterocycles. The lowest BCUT2D eigenvalue weighted by molar-refractivity contribution is -0.122. The predicted octanol–water partition coefficient (Wildman–Crippen LogP) is 4.20. The first-order valence-electron chi connectivity index (χ1n) is 12.6. The van der Waals surface area contributed by atoms with Crippen molar-refractivity contribution in [3.05, 3.63) is 35.9 Å². The summed E-state index contributed by atoms with van der Waals surface area (Å²) in [7, 11) is 0. The summed E-state index contributed by atoms with van der Waals surface area (Å²) in [5.74, 6) is 1.91. The van der Waals surface area contributed by atoms with E-state index in [1.165, 1.54) is 76.6 Å². The van der Waals surface area contributed by atoms with Crippen LogP contribution in [0.25, 0.3) is 0 Å². The number of rotatable bonds is 7. The Bertz CT molecular complexity index is 701. The van der Waals surface area contributed by atoms with E-state index in [9.17, 15) is 4.79 Å². The number of carbonyl (C=O) groups excluding carboxylic acids is 1. The number of benzene rings is 1. The number of likely N-dealkylation sites (tertiary alicyclic amines) is 1. The third-order valence-corrected chi connectivity index (χ3v) is 8.38. The third-order valence-electron chi connectivity index (χ3n) is 8.38. The summed E-state index contributed by atoms with van der Waals surface area (Å²) in [5.41, 5.74) is 1.44. The van der Waals surface area contributed by atoms with Gasteiger partial charge in [-0.05, 0) is 88.3 Å². The quantitative estimate of drug-likeness (QED) is 0.733. The lowest BCUT2D eigenvalue weighted by Gasteiger charge is -2.57. The second-order valence-electron chi connectivity index (χ2n) is 10.3. The Morgan fingerprint density at radius 2 is 1.80 bits per heavy atom. The first kappa shape index (κ1) is 20.5. The molecular weight excluding hydrogens is 370 g/mol. The van der Waals surface area contributed by atoms with Gasteiger partial charge >= 0.3 is 0 Å². The summed E-state index contributed by atoms with van der Waals surface area (Å²) in [6.07, 6.45) is 12.1. The summed E-state index contributed by atoms with van der Waals surface area (Å²) < 4.78 is 0. The molecule has 3 saturated heterocycles. The number of nitrogens with one attached hydrogen (secondary N) is 1. The van der Waals surface area contributed by atoms with Crippen LogP contribution in [-0.2, 0) is 11.3 Å². The van der Waals surface area contributed by atoms with Gasteiger partial charge in [0.2, 0.25) is 5.91 Å². The van der Waals surface area contributed by atoms with Gasteiger partial charge in [0.25, 0.3) is 0 Å². The number of amides is 1. The molecule has 0 spiro atoms. The summed E-state index contributed by atoms with van der Waals surface area (Å²) in [6, 6.07) is 12.9. The zero-order chi connectivity index (χ0) is 20.3. The van der Waals surface area contributed by atoms with E-state index in [0.717, 1.165) is 30.8 Å². The molecule has 1 amide bonds. The number of hydrogen-bond acceptors (Lipinski definition) is 3. The number of carbonyl (C=O) groups is 1. The topological polar surface area (TPSA) is 35.6 Å². The lowest BCUT2D eigenvalue weighted by atomic mass is 9.69. The van der Waals surface area contributed by atoms with Crippen molar-refractivity contribution in [3.8, 4) is 0 Å². The van der Waals surface area contributed by atoms with Gasteiger partial charge in [0.05, 0.1) is 0 Å². The maximum absolute atomic E-state index is 12.4. The largest absolute Gasteiger partial charge is 0.353 e. The Hall–Kier alpha value is -1.39. The molecule has 0 unspecified atom stereocenters. The van der Waals surface area contributed by atoms with Crippen LogP contribution in [0.4, 0.5) is 0 Å². The van der Waals surface area contributed by atoms with E-state index >= 15 is 0 Å². The van der Waals surface area contributed by atoms with Gasteiger partial charge in [-0.2, -0.15) is 0 Å². The van der Waals surface area contributed by atoms with Crippen LogP contribution >= 0.6 is 0 Å². The molecule has 1 aromatic carbocycles. The zero-order valence-electron chi connectivity index (χ0n) is 18.5. The first-order chi connectivity index (χ1) is 14.8. The van der Waals surface area contributed by atoms with Gasteiger partial charge in [0, 0.05) is 37.6 Å². The van der Waals surface area contributed by atoms with Gasteiger partial charge < -0.3 is 5.32 Å². The van der Waals surface area contributed by atoms with Crippen LogP contribution in [0.3, 0.4) is 0 Å². The van der Waals surface area contributed by atoms with Crippen LogP contribution in [0.5, 0.6) is 0 Å². The second-order valence-corrected chi connectivity index (χ2v) is 10.3. The van der Waals surface area contributed by atoms with Crippen molar-refractivity contribution in [3.63, 3.8) is 0 Å². The van der Waals surface area contributed by atoms with Crippen LogP contribution in [0.15, 0.2) is 30.3 Å². The minimum Gasteiger partial charge on any atom is -0.353 e. The Balaban J connectivity index is 1.27. The summed E-state index contributed by atoms with van der Waals surface area (Å²) >= 11 is 0. The molecule has 4 fully saturated rings. The SMILES string of the molecule is O=C(CCC[C@@H]1[C@H]2CCCN3CCC[C@@H](CN1Cc1ccccc1)[C@@H]23)NC1CCC1. The highest BCUT2D eigenvalue weighted by Crippen LogP contribution is 2.43. The standard InChI is InChI=1S/C26H39N3O/c30-25(27-22-11-4-12-22)15-5-14-24-23-13-7-17-28-16-6-10-21(26(23)28)19-29(24)18-20-8-2-1-3-9-20/h1-3,8-9,21-24,26H,4-7,10-19H2,(H,27,30)/t21-,23+,24+,26-/m0/s1. The minimum absolute atomic E-state index is 0.283. The molecule has 4 heteroatoms. The number of piperidine rings is 3. The Morgan fingerprint density at radius 1 is 1.00 bits per heavy atom. The van der Waals surface area contributed by atoms with Gasteiger partial charge in [0.15, 0.2) is 0 Å². The molecule has 0 radical (unpaired) electrons. The average Bonchev–Trinajstić information content (AvgIpc) is 2.74. The van der Waals surface area contributed by atoms with Crippen molar-refractivity contribution in [2.24, 2.45) is 11.8 Å². The molecule has 1 saturated carbocycles. The fourth-order valence-electron chi connectivity index (χ4n) is 6.80. The van der Waals surface area contributed by atoms with Crippen molar-refractivity contribution < 1.29 is 4.79 Å². The van der Waals surface area contributed by atoms with Crippen LogP contribution in [-0.4, -0.2) is 53.5 Å². The maximum atomic E-state index is 12.4. The summed E-state index contributed by atoms with van der Waals surface area (Å²) in [5, 5.41) is 3.23. The highest BCUT2D eigenvalue weighted by molar-refractivity contribution is 5.76. The fraction of sp³-hybridized carbons (Fsp3) is 0.731. The van der Waals surface area contributed by atoms with E-state index in [4.69, 9.17) is 0 Å². The molecule has 1 aliphatic carbocycles. The molecule has 0 bridgehead atoms. The van der Waals surface area contributed by atoms with Crippen molar-refractivity contribution in [2.45, 2.75) is 88.9 Å². The van der Waals surface area contributed by atoms with Crippen LogP contribution in [0.1, 0.15) is 69.8 Å². The van der Waals surface area contributed by atoms with Gasteiger partial charge in [-0.15, -0.1) is 0 Å². The van der Waals surface area contributed by atoms with E-state index in [-0.39, 0.29) is 5.91 Å². The van der Waals surface area contributed by atoms with E-state index in [0.29, 0.717) is 18.5 Å². The molecule has 4 atom stereocenters. The van der Waals surface area contributed by atoms with E-state index < -0.39 is 0 Å². The number of hydrogen-bond donors (Lipinski definition) is 1. The van der Waals surface area contributed by atoms with Gasteiger partial charge in [0.1, 0.15) is 0 Å². The van der Waals surface area contributed by atoms with Gasteiger partial charge in [-0.25, -0.2) is 0 Å². The fourth-order valence-corrected chi connectivity index (χ4v) is 6.80. The zero-order valence-corrected chi connectivity index (χ0v) is 18.5. The van der Waals surface area contributed by atoms with Crippen LogP contribution in [0.2, 0.25) is 0 Å². The van der Waals surface area contributed by atoms with Crippen LogP contribution < -0.4 is 5.32 Å². The van der Waals surface area contributed by atoms with Gasteiger partial charge in [-0.3, -0.25) is 14.6 Å². The molecule has 1 aromatic rings. The first-order valence-corrected chi connectivity index (χ1v) is 12.6. The Morgan fingerprint density at radius 3 is 2.57 bits per heavy atom. The third kappa shape index (κ3) is 4.45. The molecule has 5 rings (SSSR count). The van der Waals surface area contributed by atoms with Crippen molar-refractivity contribution >= 4 is 5.91 Å². The summed E-state index contributed by atoms with van der Waals surface area (Å²) in [6.45, 7) is 4.94. The Labute approximate surface area is 182 Å². The van der Waals surface area contributed by atoms with E-state index in [2.05, 4.69) is 45.4 Å². The van der Waals surface area contributed by atoms with Crippen molar-refractivity contribution in [2.75, 3.05) is 19.6 Å². The lowest BCUT2D eigenvalue weighted by Crippen LogP contribution is -2.64. The molecule has 164 valence electrons. The molecule has 30 heavy (non-hydrogen) atoms. The second kappa shape index (κ2) is 9.40. The highest BCUT2D eigenvalue weighted by atomic mass is 16.1. The number of nitrogens with zero attached hydrogens (tertiary/aromatic N) is 2. The Kier molecular flexibility index (Phi) is 6.42. The van der Waals surface area contributed by atoms with E-state index in [1.54, 1.807) is 0 Å². The molecule has 4 nitrogen and oxygen atoms in total. The van der Waals surface area contributed by atoms with Crippen molar-refractivity contribution in [1.29, 1.82) is 0 Å². The molecule has 3 heterocycles.